The molecule has 0 aliphatic carbocycles. The normalized spacial score (nSPS) is 9.86. The molecule has 0 bridgehead atoms. The highest BCUT2D eigenvalue weighted by atomic mass is 35.5. The van der Waals surface area contributed by atoms with E-state index >= 15 is 0 Å². The molecule has 0 radical (unpaired) electrons. The van der Waals surface area contributed by atoms with Crippen LogP contribution in [0.25, 0.3) is 0 Å². The zero-order chi connectivity index (χ0) is 15.2. The minimum atomic E-state index is -0.231. The molecule has 0 atom stereocenters. The minimum absolute atomic E-state index is 0.231. The fraction of sp³-hybridized carbons (Fsp3) is 0.133. The van der Waals surface area contributed by atoms with Crippen LogP contribution < -0.4 is 11.1 Å². The molecule has 0 spiro atoms. The van der Waals surface area contributed by atoms with E-state index < -0.39 is 0 Å². The first kappa shape index (κ1) is 15.9. The number of nitrogens with one attached hydrogen (secondary N) is 1. The molecule has 21 heavy (non-hydrogen) atoms. The smallest absolute Gasteiger partial charge is 0.251 e. The Balaban J connectivity index is 2.06. The summed E-state index contributed by atoms with van der Waals surface area (Å²) in [6, 6.07) is 6.64. The van der Waals surface area contributed by atoms with Crippen molar-refractivity contribution in [2.75, 3.05) is 6.54 Å². The Kier molecular flexibility index (Phi) is 5.66. The number of amides is 1. The van der Waals surface area contributed by atoms with E-state index in [1.165, 1.54) is 11.3 Å². The fourth-order valence-corrected chi connectivity index (χ4v) is 2.98. The number of hydrogen-bond donors (Lipinski definition) is 2. The highest BCUT2D eigenvalue weighted by molar-refractivity contribution is 7.10. The first-order valence-corrected chi connectivity index (χ1v) is 7.73. The molecule has 1 aromatic carbocycles. The fourth-order valence-electron chi connectivity index (χ4n) is 1.68. The summed E-state index contributed by atoms with van der Waals surface area (Å²) in [4.78, 5) is 13.1. The van der Waals surface area contributed by atoms with Crippen LogP contribution in [0.5, 0.6) is 0 Å². The van der Waals surface area contributed by atoms with Crippen molar-refractivity contribution in [1.29, 1.82) is 0 Å². The van der Waals surface area contributed by atoms with Crippen LogP contribution in [-0.2, 0) is 6.54 Å². The SMILES string of the molecule is NCC#Cc1ccsc1CNC(=O)c1cc(Cl)cc(Cl)c1. The number of halogens is 2. The van der Waals surface area contributed by atoms with E-state index in [0.29, 0.717) is 28.7 Å². The number of benzene rings is 1. The number of carbonyl (C=O) groups is 1. The number of rotatable bonds is 3. The number of carbonyl (C=O) groups excluding carboxylic acids is 1. The highest BCUT2D eigenvalue weighted by Gasteiger charge is 2.09. The van der Waals surface area contributed by atoms with Gasteiger partial charge in [-0.05, 0) is 29.6 Å². The van der Waals surface area contributed by atoms with Crippen molar-refractivity contribution < 1.29 is 4.79 Å². The lowest BCUT2D eigenvalue weighted by atomic mass is 10.2. The molecule has 3 nitrogen and oxygen atoms in total. The predicted octanol–water partition coefficient (Wildman–Crippen LogP) is 3.30. The van der Waals surface area contributed by atoms with Gasteiger partial charge in [-0.15, -0.1) is 11.3 Å². The molecular formula is C15H12Cl2N2OS. The molecule has 1 heterocycles. The van der Waals surface area contributed by atoms with Gasteiger partial charge in [-0.3, -0.25) is 4.79 Å². The van der Waals surface area contributed by atoms with Gasteiger partial charge < -0.3 is 11.1 Å². The zero-order valence-corrected chi connectivity index (χ0v) is 13.3. The van der Waals surface area contributed by atoms with E-state index in [0.717, 1.165) is 10.4 Å². The van der Waals surface area contributed by atoms with E-state index in [-0.39, 0.29) is 5.91 Å². The molecule has 108 valence electrons. The molecule has 6 heteroatoms. The lowest BCUT2D eigenvalue weighted by Crippen LogP contribution is -2.22. The van der Waals surface area contributed by atoms with Crippen molar-refractivity contribution in [2.24, 2.45) is 5.73 Å². The number of nitrogens with two attached hydrogens (primary N) is 1. The van der Waals surface area contributed by atoms with Crippen LogP contribution in [0.3, 0.4) is 0 Å². The van der Waals surface area contributed by atoms with Crippen LogP contribution in [0.1, 0.15) is 20.8 Å². The monoisotopic (exact) mass is 338 g/mol. The molecule has 2 aromatic rings. The Bertz CT molecular complexity index is 696. The Morgan fingerprint density at radius 1 is 1.29 bits per heavy atom. The van der Waals surface area contributed by atoms with Crippen molar-refractivity contribution >= 4 is 40.4 Å². The number of hydrogen-bond acceptors (Lipinski definition) is 3. The highest BCUT2D eigenvalue weighted by Crippen LogP contribution is 2.20. The Morgan fingerprint density at radius 2 is 2.00 bits per heavy atom. The van der Waals surface area contributed by atoms with Gasteiger partial charge in [-0.1, -0.05) is 35.0 Å². The predicted molar refractivity (Wildman–Crippen MR) is 87.9 cm³/mol. The average Bonchev–Trinajstić information content (AvgIpc) is 2.88. The summed E-state index contributed by atoms with van der Waals surface area (Å²) in [7, 11) is 0. The van der Waals surface area contributed by atoms with Crippen LogP contribution in [0.2, 0.25) is 10.0 Å². The van der Waals surface area contributed by atoms with Crippen molar-refractivity contribution in [3.8, 4) is 11.8 Å². The third-order valence-electron chi connectivity index (χ3n) is 2.60. The average molecular weight is 339 g/mol. The first-order valence-electron chi connectivity index (χ1n) is 6.09. The maximum atomic E-state index is 12.1. The van der Waals surface area contributed by atoms with Crippen LogP contribution in [0, 0.1) is 11.8 Å². The van der Waals surface area contributed by atoms with Crippen molar-refractivity contribution in [3.63, 3.8) is 0 Å². The first-order chi connectivity index (χ1) is 10.1. The van der Waals surface area contributed by atoms with Gasteiger partial charge in [0.1, 0.15) is 0 Å². The van der Waals surface area contributed by atoms with E-state index in [4.69, 9.17) is 28.9 Å². The standard InChI is InChI=1S/C15H12Cl2N2OS/c16-12-6-11(7-13(17)8-12)15(20)19-9-14-10(2-1-4-18)3-5-21-14/h3,5-8H,4,9,18H2,(H,19,20). The van der Waals surface area contributed by atoms with Crippen LogP contribution in [-0.4, -0.2) is 12.5 Å². The number of thiophene rings is 1. The molecule has 1 amide bonds. The Morgan fingerprint density at radius 3 is 2.67 bits per heavy atom. The van der Waals surface area contributed by atoms with Crippen LogP contribution in [0.15, 0.2) is 29.6 Å². The molecule has 0 aliphatic heterocycles. The maximum Gasteiger partial charge on any atom is 0.251 e. The summed E-state index contributed by atoms with van der Waals surface area (Å²) >= 11 is 13.3. The van der Waals surface area contributed by atoms with Gasteiger partial charge in [0, 0.05) is 26.0 Å². The van der Waals surface area contributed by atoms with Gasteiger partial charge >= 0.3 is 0 Å². The minimum Gasteiger partial charge on any atom is -0.347 e. The van der Waals surface area contributed by atoms with Gasteiger partial charge in [0.15, 0.2) is 0 Å². The molecule has 3 N–H and O–H groups in total. The Labute approximate surface area is 137 Å². The van der Waals surface area contributed by atoms with Crippen LogP contribution >= 0.6 is 34.5 Å². The van der Waals surface area contributed by atoms with Gasteiger partial charge in [0.25, 0.3) is 5.91 Å². The molecule has 0 fully saturated rings. The van der Waals surface area contributed by atoms with E-state index in [1.807, 2.05) is 11.4 Å². The second-order valence-corrected chi connectivity index (χ2v) is 5.98. The molecule has 0 saturated heterocycles. The van der Waals surface area contributed by atoms with Crippen LogP contribution in [0.4, 0.5) is 0 Å². The second kappa shape index (κ2) is 7.48. The Hall–Kier alpha value is -1.51. The van der Waals surface area contributed by atoms with Gasteiger partial charge in [0.05, 0.1) is 13.1 Å². The third-order valence-corrected chi connectivity index (χ3v) is 3.96. The van der Waals surface area contributed by atoms with E-state index in [9.17, 15) is 4.79 Å². The lowest BCUT2D eigenvalue weighted by Gasteiger charge is -2.05. The molecular weight excluding hydrogens is 327 g/mol. The van der Waals surface area contributed by atoms with Gasteiger partial charge in [0.2, 0.25) is 0 Å². The summed E-state index contributed by atoms with van der Waals surface area (Å²) in [5, 5.41) is 5.61. The largest absolute Gasteiger partial charge is 0.347 e. The summed E-state index contributed by atoms with van der Waals surface area (Å²) in [6.07, 6.45) is 0. The van der Waals surface area contributed by atoms with Crippen molar-refractivity contribution in [3.05, 3.63) is 55.7 Å². The van der Waals surface area contributed by atoms with E-state index in [1.54, 1.807) is 18.2 Å². The molecule has 1 aromatic heterocycles. The zero-order valence-electron chi connectivity index (χ0n) is 11.0. The molecule has 0 saturated carbocycles. The quantitative estimate of drug-likeness (QED) is 0.843. The molecule has 0 aliphatic rings. The van der Waals surface area contributed by atoms with E-state index in [2.05, 4.69) is 17.2 Å². The summed E-state index contributed by atoms with van der Waals surface area (Å²) in [5.41, 5.74) is 6.67. The topological polar surface area (TPSA) is 55.1 Å². The maximum absolute atomic E-state index is 12.1. The third kappa shape index (κ3) is 4.48. The lowest BCUT2D eigenvalue weighted by molar-refractivity contribution is 0.0951. The van der Waals surface area contributed by atoms with Crippen molar-refractivity contribution in [1.82, 2.24) is 5.32 Å². The molecule has 2 rings (SSSR count). The van der Waals surface area contributed by atoms with Gasteiger partial charge in [-0.2, -0.15) is 0 Å². The second-order valence-electron chi connectivity index (χ2n) is 4.10. The summed E-state index contributed by atoms with van der Waals surface area (Å²) in [6.45, 7) is 0.706. The summed E-state index contributed by atoms with van der Waals surface area (Å²) < 4.78 is 0. The van der Waals surface area contributed by atoms with Gasteiger partial charge in [-0.25, -0.2) is 0 Å². The van der Waals surface area contributed by atoms with Crippen molar-refractivity contribution in [2.45, 2.75) is 6.54 Å². The summed E-state index contributed by atoms with van der Waals surface area (Å²) in [5.74, 6) is 5.55. The molecule has 0 unspecified atom stereocenters.